The van der Waals surface area contributed by atoms with E-state index in [1.54, 1.807) is 24.3 Å². The van der Waals surface area contributed by atoms with Gasteiger partial charge < -0.3 is 5.32 Å². The maximum absolute atomic E-state index is 12.1. The Morgan fingerprint density at radius 3 is 2.25 bits per heavy atom. The molecule has 0 spiro atoms. The molecule has 1 amide bonds. The standard InChI is InChI=1S/C18H26N2O3S/c21-18(19-15-4-2-1-3-5-15)13-8-14-6-11-17(12-7-14)24(22,23)20-16-9-10-16/h6-7,11-12,15-16,20H,1-5,8-10,13H2,(H,19,21). The SMILES string of the molecule is O=C(CCc1ccc(S(=O)(=O)NC2CC2)cc1)NC1CCCCC1. The summed E-state index contributed by atoms with van der Waals surface area (Å²) in [5.74, 6) is 0.0917. The molecule has 0 saturated heterocycles. The Morgan fingerprint density at radius 1 is 0.958 bits per heavy atom. The minimum absolute atomic E-state index is 0.0917. The maximum Gasteiger partial charge on any atom is 0.240 e. The monoisotopic (exact) mass is 350 g/mol. The lowest BCUT2D eigenvalue weighted by atomic mass is 9.95. The summed E-state index contributed by atoms with van der Waals surface area (Å²) in [5, 5.41) is 3.11. The third kappa shape index (κ3) is 5.05. The highest BCUT2D eigenvalue weighted by Crippen LogP contribution is 2.22. The minimum atomic E-state index is -3.39. The van der Waals surface area contributed by atoms with Crippen molar-refractivity contribution in [3.8, 4) is 0 Å². The topological polar surface area (TPSA) is 75.3 Å². The molecule has 2 saturated carbocycles. The predicted molar refractivity (Wildman–Crippen MR) is 93.1 cm³/mol. The van der Waals surface area contributed by atoms with Crippen molar-refractivity contribution < 1.29 is 13.2 Å². The van der Waals surface area contributed by atoms with Gasteiger partial charge in [0.1, 0.15) is 0 Å². The Kier molecular flexibility index (Phi) is 5.56. The average molecular weight is 350 g/mol. The lowest BCUT2D eigenvalue weighted by molar-refractivity contribution is -0.121. The molecule has 3 rings (SSSR count). The first-order chi connectivity index (χ1) is 11.5. The Bertz CT molecular complexity index is 660. The van der Waals surface area contributed by atoms with E-state index < -0.39 is 10.0 Å². The summed E-state index contributed by atoms with van der Waals surface area (Å²) in [5.41, 5.74) is 0.985. The van der Waals surface area contributed by atoms with Gasteiger partial charge in [-0.05, 0) is 49.8 Å². The Morgan fingerprint density at radius 2 is 1.62 bits per heavy atom. The van der Waals surface area contributed by atoms with Crippen LogP contribution in [-0.4, -0.2) is 26.4 Å². The average Bonchev–Trinajstić information content (AvgIpc) is 3.37. The van der Waals surface area contributed by atoms with E-state index in [9.17, 15) is 13.2 Å². The van der Waals surface area contributed by atoms with E-state index in [-0.39, 0.29) is 11.9 Å². The van der Waals surface area contributed by atoms with Gasteiger partial charge in [-0.1, -0.05) is 31.4 Å². The van der Waals surface area contributed by atoms with E-state index >= 15 is 0 Å². The first-order valence-corrected chi connectivity index (χ1v) is 10.4. The van der Waals surface area contributed by atoms with Crippen LogP contribution in [0, 0.1) is 0 Å². The van der Waals surface area contributed by atoms with Crippen molar-refractivity contribution in [1.29, 1.82) is 0 Å². The summed E-state index contributed by atoms with van der Waals surface area (Å²) in [7, 11) is -3.39. The van der Waals surface area contributed by atoms with Crippen LogP contribution < -0.4 is 10.0 Å². The van der Waals surface area contributed by atoms with Gasteiger partial charge in [0.05, 0.1) is 4.90 Å². The molecule has 2 aliphatic rings. The molecule has 0 aliphatic heterocycles. The zero-order chi connectivity index (χ0) is 17.0. The van der Waals surface area contributed by atoms with Gasteiger partial charge in [0.15, 0.2) is 0 Å². The van der Waals surface area contributed by atoms with Crippen LogP contribution in [0.3, 0.4) is 0 Å². The maximum atomic E-state index is 12.1. The molecular weight excluding hydrogens is 324 g/mol. The van der Waals surface area contributed by atoms with Crippen LogP contribution in [0.4, 0.5) is 0 Å². The van der Waals surface area contributed by atoms with Crippen molar-refractivity contribution in [3.05, 3.63) is 29.8 Å². The van der Waals surface area contributed by atoms with Crippen molar-refractivity contribution >= 4 is 15.9 Å². The van der Waals surface area contributed by atoms with Gasteiger partial charge in [-0.3, -0.25) is 4.79 Å². The molecule has 0 aromatic heterocycles. The third-order valence-electron chi connectivity index (χ3n) is 4.74. The van der Waals surface area contributed by atoms with E-state index in [2.05, 4.69) is 10.0 Å². The summed E-state index contributed by atoms with van der Waals surface area (Å²) < 4.78 is 26.9. The number of hydrogen-bond acceptors (Lipinski definition) is 3. The van der Waals surface area contributed by atoms with Crippen molar-refractivity contribution in [2.75, 3.05) is 0 Å². The fraction of sp³-hybridized carbons (Fsp3) is 0.611. The van der Waals surface area contributed by atoms with Crippen LogP contribution in [0.1, 0.15) is 56.9 Å². The molecule has 1 aromatic carbocycles. The molecule has 0 atom stereocenters. The predicted octanol–water partition coefficient (Wildman–Crippen LogP) is 2.51. The fourth-order valence-electron chi connectivity index (χ4n) is 3.13. The molecule has 0 heterocycles. The van der Waals surface area contributed by atoms with Crippen LogP contribution in [0.25, 0.3) is 0 Å². The minimum Gasteiger partial charge on any atom is -0.353 e. The molecule has 2 aliphatic carbocycles. The summed E-state index contributed by atoms with van der Waals surface area (Å²) >= 11 is 0. The smallest absolute Gasteiger partial charge is 0.240 e. The van der Waals surface area contributed by atoms with E-state index in [0.717, 1.165) is 31.2 Å². The van der Waals surface area contributed by atoms with Crippen LogP contribution in [-0.2, 0) is 21.2 Å². The molecule has 2 N–H and O–H groups in total. The van der Waals surface area contributed by atoms with Crippen molar-refractivity contribution in [2.45, 2.75) is 74.8 Å². The second kappa shape index (κ2) is 7.66. The largest absolute Gasteiger partial charge is 0.353 e. The number of sulfonamides is 1. The molecule has 6 heteroatoms. The second-order valence-corrected chi connectivity index (χ2v) is 8.66. The van der Waals surface area contributed by atoms with Gasteiger partial charge in [-0.2, -0.15) is 0 Å². The van der Waals surface area contributed by atoms with Gasteiger partial charge >= 0.3 is 0 Å². The number of nitrogens with one attached hydrogen (secondary N) is 2. The van der Waals surface area contributed by atoms with Gasteiger partial charge in [-0.25, -0.2) is 13.1 Å². The van der Waals surface area contributed by atoms with Gasteiger partial charge in [-0.15, -0.1) is 0 Å². The molecular formula is C18H26N2O3S. The van der Waals surface area contributed by atoms with Crippen molar-refractivity contribution in [1.82, 2.24) is 10.0 Å². The summed E-state index contributed by atoms with van der Waals surface area (Å²) in [4.78, 5) is 12.3. The van der Waals surface area contributed by atoms with E-state index in [4.69, 9.17) is 0 Å². The Balaban J connectivity index is 1.47. The number of carbonyl (C=O) groups is 1. The van der Waals surface area contributed by atoms with Crippen molar-refractivity contribution in [3.63, 3.8) is 0 Å². The highest BCUT2D eigenvalue weighted by Gasteiger charge is 2.27. The molecule has 2 fully saturated rings. The molecule has 5 nitrogen and oxygen atoms in total. The van der Waals surface area contributed by atoms with E-state index in [1.807, 2.05) is 0 Å². The van der Waals surface area contributed by atoms with Crippen LogP contribution in [0.15, 0.2) is 29.2 Å². The lowest BCUT2D eigenvalue weighted by Gasteiger charge is -2.22. The Labute approximate surface area is 144 Å². The van der Waals surface area contributed by atoms with Crippen LogP contribution in [0.2, 0.25) is 0 Å². The number of hydrogen-bond donors (Lipinski definition) is 2. The lowest BCUT2D eigenvalue weighted by Crippen LogP contribution is -2.36. The molecule has 0 unspecified atom stereocenters. The zero-order valence-corrected chi connectivity index (χ0v) is 14.8. The van der Waals surface area contributed by atoms with Crippen LogP contribution >= 0.6 is 0 Å². The molecule has 0 bridgehead atoms. The number of benzene rings is 1. The number of rotatable bonds is 7. The van der Waals surface area contributed by atoms with Crippen LogP contribution in [0.5, 0.6) is 0 Å². The van der Waals surface area contributed by atoms with Gasteiger partial charge in [0.2, 0.25) is 15.9 Å². The molecule has 132 valence electrons. The molecule has 1 aromatic rings. The second-order valence-electron chi connectivity index (χ2n) is 6.94. The van der Waals surface area contributed by atoms with Gasteiger partial charge in [0.25, 0.3) is 0 Å². The Hall–Kier alpha value is -1.40. The fourth-order valence-corrected chi connectivity index (χ4v) is 4.43. The first-order valence-electron chi connectivity index (χ1n) is 8.93. The molecule has 24 heavy (non-hydrogen) atoms. The number of aryl methyl sites for hydroxylation is 1. The summed E-state index contributed by atoms with van der Waals surface area (Å²) in [6, 6.07) is 7.30. The summed E-state index contributed by atoms with van der Waals surface area (Å²) in [6.45, 7) is 0. The number of carbonyl (C=O) groups excluding carboxylic acids is 1. The summed E-state index contributed by atoms with van der Waals surface area (Å²) in [6.07, 6.45) is 8.79. The third-order valence-corrected chi connectivity index (χ3v) is 6.28. The molecule has 0 radical (unpaired) electrons. The zero-order valence-electron chi connectivity index (χ0n) is 14.0. The van der Waals surface area contributed by atoms with E-state index in [0.29, 0.717) is 23.8 Å². The van der Waals surface area contributed by atoms with Gasteiger partial charge in [0, 0.05) is 18.5 Å². The highest BCUT2D eigenvalue weighted by molar-refractivity contribution is 7.89. The normalized spacial score (nSPS) is 19.2. The van der Waals surface area contributed by atoms with E-state index in [1.165, 1.54) is 19.3 Å². The quantitative estimate of drug-likeness (QED) is 0.793. The number of amides is 1. The van der Waals surface area contributed by atoms with Crippen molar-refractivity contribution in [2.24, 2.45) is 0 Å². The highest BCUT2D eigenvalue weighted by atomic mass is 32.2. The first kappa shape index (κ1) is 17.4.